The van der Waals surface area contributed by atoms with Crippen molar-refractivity contribution < 1.29 is 4.79 Å². The second-order valence-corrected chi connectivity index (χ2v) is 4.53. The first-order chi connectivity index (χ1) is 8.58. The molecule has 0 aliphatic carbocycles. The van der Waals surface area contributed by atoms with Crippen LogP contribution in [0.25, 0.3) is 0 Å². The molecule has 0 aliphatic heterocycles. The normalized spacial score (nSPS) is 12.5. The van der Waals surface area contributed by atoms with Gasteiger partial charge in [-0.2, -0.15) is 0 Å². The van der Waals surface area contributed by atoms with Gasteiger partial charge in [0.25, 0.3) is 5.91 Å². The van der Waals surface area contributed by atoms with Gasteiger partial charge in [0.15, 0.2) is 0 Å². The number of carbonyl (C=O) groups is 1. The average Bonchev–Trinajstić information content (AvgIpc) is 2.37. The van der Waals surface area contributed by atoms with E-state index in [9.17, 15) is 4.79 Å². The van der Waals surface area contributed by atoms with Gasteiger partial charge in [-0.05, 0) is 38.6 Å². The first-order valence-electron chi connectivity index (χ1n) is 6.52. The molecule has 1 heterocycles. The zero-order valence-corrected chi connectivity index (χ0v) is 11.7. The smallest absolute Gasteiger partial charge is 0.252 e. The molecule has 0 saturated heterocycles. The summed E-state index contributed by atoms with van der Waals surface area (Å²) in [6.07, 6.45) is 3.35. The van der Waals surface area contributed by atoms with Crippen LogP contribution in [0.15, 0.2) is 18.5 Å². The Balaban J connectivity index is 2.51. The first kappa shape index (κ1) is 14.6. The second kappa shape index (κ2) is 7.11. The molecule has 4 nitrogen and oxygen atoms in total. The zero-order valence-electron chi connectivity index (χ0n) is 11.7. The van der Waals surface area contributed by atoms with Crippen LogP contribution in [0.2, 0.25) is 0 Å². The second-order valence-electron chi connectivity index (χ2n) is 4.53. The van der Waals surface area contributed by atoms with Crippen molar-refractivity contribution >= 4 is 5.91 Å². The Bertz CT molecular complexity index is 388. The highest BCUT2D eigenvalue weighted by molar-refractivity contribution is 5.94. The van der Waals surface area contributed by atoms with Gasteiger partial charge in [0.2, 0.25) is 0 Å². The molecule has 1 atom stereocenters. The van der Waals surface area contributed by atoms with Gasteiger partial charge in [0, 0.05) is 25.0 Å². The molecule has 1 rings (SSSR count). The number of hydrogen-bond donors (Lipinski definition) is 1. The maximum absolute atomic E-state index is 11.9. The van der Waals surface area contributed by atoms with Gasteiger partial charge in [0.1, 0.15) is 0 Å². The number of hydrogen-bond acceptors (Lipinski definition) is 3. The summed E-state index contributed by atoms with van der Waals surface area (Å²) in [4.78, 5) is 18.3. The molecule has 1 aromatic heterocycles. The van der Waals surface area contributed by atoms with Crippen molar-refractivity contribution in [2.24, 2.45) is 0 Å². The maximum Gasteiger partial charge on any atom is 0.252 e. The summed E-state index contributed by atoms with van der Waals surface area (Å²) < 4.78 is 0. The number of aromatic nitrogens is 1. The summed E-state index contributed by atoms with van der Waals surface area (Å²) in [7, 11) is 0. The van der Waals surface area contributed by atoms with Crippen LogP contribution in [0.5, 0.6) is 0 Å². The lowest BCUT2D eigenvalue weighted by Gasteiger charge is -2.26. The highest BCUT2D eigenvalue weighted by Gasteiger charge is 2.12. The molecule has 0 fully saturated rings. The summed E-state index contributed by atoms with van der Waals surface area (Å²) in [6, 6.07) is 2.20. The third-order valence-electron chi connectivity index (χ3n) is 3.13. The molecule has 4 heteroatoms. The highest BCUT2D eigenvalue weighted by Crippen LogP contribution is 2.02. The van der Waals surface area contributed by atoms with E-state index < -0.39 is 0 Å². The van der Waals surface area contributed by atoms with Crippen molar-refractivity contribution in [3.8, 4) is 0 Å². The van der Waals surface area contributed by atoms with Gasteiger partial charge >= 0.3 is 0 Å². The molecule has 1 aromatic rings. The van der Waals surface area contributed by atoms with Crippen LogP contribution >= 0.6 is 0 Å². The van der Waals surface area contributed by atoms with Gasteiger partial charge in [-0.25, -0.2) is 0 Å². The van der Waals surface area contributed by atoms with E-state index in [4.69, 9.17) is 0 Å². The molecule has 0 saturated carbocycles. The number of nitrogens with one attached hydrogen (secondary N) is 1. The van der Waals surface area contributed by atoms with Gasteiger partial charge in [-0.3, -0.25) is 14.7 Å². The van der Waals surface area contributed by atoms with E-state index in [2.05, 4.69) is 36.0 Å². The Morgan fingerprint density at radius 2 is 2.06 bits per heavy atom. The van der Waals surface area contributed by atoms with E-state index in [0.717, 1.165) is 18.7 Å². The Hall–Kier alpha value is -1.42. The van der Waals surface area contributed by atoms with Crippen molar-refractivity contribution in [1.82, 2.24) is 15.2 Å². The van der Waals surface area contributed by atoms with E-state index in [0.29, 0.717) is 18.2 Å². The topological polar surface area (TPSA) is 45.2 Å². The molecule has 0 bridgehead atoms. The zero-order chi connectivity index (χ0) is 13.5. The van der Waals surface area contributed by atoms with E-state index in [-0.39, 0.29) is 5.91 Å². The molecular weight excluding hydrogens is 226 g/mol. The predicted molar refractivity (Wildman–Crippen MR) is 73.7 cm³/mol. The average molecular weight is 249 g/mol. The molecule has 0 aromatic carbocycles. The third-order valence-corrected chi connectivity index (χ3v) is 3.13. The molecule has 18 heavy (non-hydrogen) atoms. The number of aryl methyl sites for hydroxylation is 1. The number of amides is 1. The fraction of sp³-hybridized carbons (Fsp3) is 0.571. The molecule has 0 aliphatic rings. The Kier molecular flexibility index (Phi) is 5.78. The summed E-state index contributed by atoms with van der Waals surface area (Å²) in [5, 5.41) is 2.95. The summed E-state index contributed by atoms with van der Waals surface area (Å²) >= 11 is 0. The lowest BCUT2D eigenvalue weighted by Crippen LogP contribution is -2.42. The van der Waals surface area contributed by atoms with Crippen LogP contribution in [0.4, 0.5) is 0 Å². The number of pyridine rings is 1. The van der Waals surface area contributed by atoms with Crippen LogP contribution in [-0.4, -0.2) is 41.5 Å². The van der Waals surface area contributed by atoms with Crippen LogP contribution < -0.4 is 5.32 Å². The molecule has 100 valence electrons. The van der Waals surface area contributed by atoms with E-state index in [1.165, 1.54) is 0 Å². The summed E-state index contributed by atoms with van der Waals surface area (Å²) in [5.41, 5.74) is 1.63. The third kappa shape index (κ3) is 4.11. The van der Waals surface area contributed by atoms with Crippen molar-refractivity contribution in [3.05, 3.63) is 29.6 Å². The molecule has 1 N–H and O–H groups in total. The SMILES string of the molecule is CCN(CC)[C@@H](C)CNC(=O)c1cncc(C)c1. The molecule has 0 spiro atoms. The lowest BCUT2D eigenvalue weighted by molar-refractivity contribution is 0.0937. The fourth-order valence-corrected chi connectivity index (χ4v) is 2.00. The van der Waals surface area contributed by atoms with Crippen LogP contribution in [0.1, 0.15) is 36.7 Å². The molecule has 0 unspecified atom stereocenters. The summed E-state index contributed by atoms with van der Waals surface area (Å²) in [6.45, 7) is 11.0. The molecule has 1 amide bonds. The lowest BCUT2D eigenvalue weighted by atomic mass is 10.2. The first-order valence-corrected chi connectivity index (χ1v) is 6.52. The van der Waals surface area contributed by atoms with Crippen LogP contribution in [0, 0.1) is 6.92 Å². The van der Waals surface area contributed by atoms with Crippen molar-refractivity contribution in [2.45, 2.75) is 33.7 Å². The Morgan fingerprint density at radius 1 is 1.39 bits per heavy atom. The predicted octanol–water partition coefficient (Wildman–Crippen LogP) is 1.85. The Labute approximate surface area is 109 Å². The number of nitrogens with zero attached hydrogens (tertiary/aromatic N) is 2. The minimum atomic E-state index is -0.0507. The molecular formula is C14H23N3O. The summed E-state index contributed by atoms with van der Waals surface area (Å²) in [5.74, 6) is -0.0507. The standard InChI is InChI=1S/C14H23N3O/c1-5-17(6-2)12(4)9-16-14(18)13-7-11(3)8-15-10-13/h7-8,10,12H,5-6,9H2,1-4H3,(H,16,18)/t12-/m0/s1. The number of likely N-dealkylation sites (N-methyl/N-ethyl adjacent to an activating group) is 1. The largest absolute Gasteiger partial charge is 0.350 e. The van der Waals surface area contributed by atoms with Gasteiger partial charge in [-0.1, -0.05) is 13.8 Å². The van der Waals surface area contributed by atoms with E-state index in [1.807, 2.05) is 13.0 Å². The van der Waals surface area contributed by atoms with Crippen molar-refractivity contribution in [3.63, 3.8) is 0 Å². The number of carbonyl (C=O) groups excluding carboxylic acids is 1. The Morgan fingerprint density at radius 3 is 2.61 bits per heavy atom. The van der Waals surface area contributed by atoms with Gasteiger partial charge < -0.3 is 5.32 Å². The monoisotopic (exact) mass is 249 g/mol. The molecule has 0 radical (unpaired) electrons. The quantitative estimate of drug-likeness (QED) is 0.837. The van der Waals surface area contributed by atoms with Crippen LogP contribution in [0.3, 0.4) is 0 Å². The van der Waals surface area contributed by atoms with E-state index in [1.54, 1.807) is 12.4 Å². The van der Waals surface area contributed by atoms with E-state index >= 15 is 0 Å². The van der Waals surface area contributed by atoms with Gasteiger partial charge in [-0.15, -0.1) is 0 Å². The van der Waals surface area contributed by atoms with Crippen molar-refractivity contribution in [1.29, 1.82) is 0 Å². The number of rotatable bonds is 6. The maximum atomic E-state index is 11.9. The highest BCUT2D eigenvalue weighted by atomic mass is 16.1. The minimum absolute atomic E-state index is 0.0507. The van der Waals surface area contributed by atoms with Crippen LogP contribution in [-0.2, 0) is 0 Å². The minimum Gasteiger partial charge on any atom is -0.350 e. The van der Waals surface area contributed by atoms with Gasteiger partial charge in [0.05, 0.1) is 5.56 Å². The fourth-order valence-electron chi connectivity index (χ4n) is 2.00. The van der Waals surface area contributed by atoms with Crippen molar-refractivity contribution in [2.75, 3.05) is 19.6 Å².